The number of nitrogens with one attached hydrogen (secondary N) is 1. The largest absolute Gasteiger partial charge is 0.495 e. The van der Waals surface area contributed by atoms with Crippen LogP contribution in [0.5, 0.6) is 5.75 Å². The molecule has 12 heteroatoms. The number of hydrogen-bond donors (Lipinski definition) is 1. The van der Waals surface area contributed by atoms with Gasteiger partial charge in [-0.3, -0.25) is 19.2 Å². The number of non-ortho nitro benzene ring substituents is 1. The summed E-state index contributed by atoms with van der Waals surface area (Å²) in [5, 5.41) is 15.1. The Hall–Kier alpha value is -3.96. The average Bonchev–Trinajstić information content (AvgIpc) is 2.86. The number of hydrazone groups is 1. The summed E-state index contributed by atoms with van der Waals surface area (Å²) in [5.74, 6) is -0.393. The Morgan fingerprint density at radius 2 is 1.83 bits per heavy atom. The lowest BCUT2D eigenvalue weighted by molar-refractivity contribution is -0.384. The van der Waals surface area contributed by atoms with Crippen LogP contribution in [-0.4, -0.2) is 38.6 Å². The molecule has 0 heterocycles. The Balaban J connectivity index is 1.89. The van der Waals surface area contributed by atoms with E-state index in [9.17, 15) is 23.3 Å². The van der Waals surface area contributed by atoms with E-state index < -0.39 is 27.4 Å². The zero-order valence-electron chi connectivity index (χ0n) is 18.7. The number of ether oxygens (including phenoxy) is 1. The lowest BCUT2D eigenvalue weighted by atomic mass is 10.1. The van der Waals surface area contributed by atoms with Crippen LogP contribution in [0.3, 0.4) is 0 Å². The molecule has 1 amide bonds. The smallest absolute Gasteiger partial charge is 0.270 e. The molecule has 0 radical (unpaired) electrons. The molecule has 0 aliphatic carbocycles. The second kappa shape index (κ2) is 11.0. The quantitative estimate of drug-likeness (QED) is 0.260. The molecule has 0 bridgehead atoms. The van der Waals surface area contributed by atoms with Crippen LogP contribution in [0.15, 0.2) is 82.8 Å². The van der Waals surface area contributed by atoms with Crippen LogP contribution in [-0.2, 0) is 14.8 Å². The molecule has 3 aromatic carbocycles. The van der Waals surface area contributed by atoms with Crippen LogP contribution in [0.4, 0.5) is 11.4 Å². The van der Waals surface area contributed by atoms with Crippen molar-refractivity contribution in [1.29, 1.82) is 0 Å². The lowest BCUT2D eigenvalue weighted by Crippen LogP contribution is -2.39. The Labute approximate surface area is 207 Å². The van der Waals surface area contributed by atoms with E-state index in [1.165, 1.54) is 55.6 Å². The summed E-state index contributed by atoms with van der Waals surface area (Å²) in [6.45, 7) is 0.951. The maximum absolute atomic E-state index is 13.4. The molecule has 0 aromatic heterocycles. The number of carbonyl (C=O) groups is 1. The molecule has 0 saturated carbocycles. The maximum Gasteiger partial charge on any atom is 0.270 e. The Kier molecular flexibility index (Phi) is 8.05. The van der Waals surface area contributed by atoms with E-state index in [4.69, 9.17) is 16.3 Å². The number of methoxy groups -OCH3 is 1. The Morgan fingerprint density at radius 3 is 2.46 bits per heavy atom. The fraction of sp³-hybridized carbons (Fsp3) is 0.130. The van der Waals surface area contributed by atoms with Gasteiger partial charge in [0.15, 0.2) is 0 Å². The van der Waals surface area contributed by atoms with Gasteiger partial charge in [0, 0.05) is 17.7 Å². The molecule has 0 unspecified atom stereocenters. The van der Waals surface area contributed by atoms with E-state index >= 15 is 0 Å². The third kappa shape index (κ3) is 6.14. The highest BCUT2D eigenvalue weighted by molar-refractivity contribution is 7.92. The third-order valence-electron chi connectivity index (χ3n) is 4.86. The summed E-state index contributed by atoms with van der Waals surface area (Å²) in [4.78, 5) is 23.2. The van der Waals surface area contributed by atoms with Crippen LogP contribution in [0.1, 0.15) is 12.5 Å². The lowest BCUT2D eigenvalue weighted by Gasteiger charge is -2.24. The standard InChI is InChI=1S/C23H21ClN4O6S/c1-16(17-7-6-8-19(13-17)28(30)31)25-26-23(29)15-27(18-11-12-22(34-2)21(24)14-18)35(32,33)20-9-4-3-5-10-20/h3-14H,15H2,1-2H3,(H,26,29)/b25-16-. The van der Waals surface area contributed by atoms with Crippen molar-refractivity contribution in [1.82, 2.24) is 5.43 Å². The van der Waals surface area contributed by atoms with Crippen molar-refractivity contribution in [2.24, 2.45) is 5.10 Å². The number of sulfonamides is 1. The first-order valence-electron chi connectivity index (χ1n) is 10.1. The fourth-order valence-electron chi connectivity index (χ4n) is 3.07. The third-order valence-corrected chi connectivity index (χ3v) is 6.95. The van der Waals surface area contributed by atoms with Crippen molar-refractivity contribution in [3.63, 3.8) is 0 Å². The fourth-order valence-corrected chi connectivity index (χ4v) is 4.75. The SMILES string of the molecule is COc1ccc(N(CC(=O)N/N=C(/C)c2cccc([N+](=O)[O-])c2)S(=O)(=O)c2ccccc2)cc1Cl. The van der Waals surface area contributed by atoms with Crippen LogP contribution < -0.4 is 14.5 Å². The number of nitro benzene ring substituents is 1. The molecule has 0 aliphatic heterocycles. The number of amides is 1. The van der Waals surface area contributed by atoms with E-state index in [0.717, 1.165) is 4.31 Å². The van der Waals surface area contributed by atoms with Gasteiger partial charge < -0.3 is 4.74 Å². The molecule has 35 heavy (non-hydrogen) atoms. The highest BCUT2D eigenvalue weighted by Gasteiger charge is 2.27. The normalized spacial score (nSPS) is 11.6. The van der Waals surface area contributed by atoms with E-state index in [1.807, 2.05) is 0 Å². The summed E-state index contributed by atoms with van der Waals surface area (Å²) >= 11 is 6.19. The number of hydrogen-bond acceptors (Lipinski definition) is 7. The first-order chi connectivity index (χ1) is 16.6. The van der Waals surface area contributed by atoms with Gasteiger partial charge in [0.05, 0.1) is 33.4 Å². The first-order valence-corrected chi connectivity index (χ1v) is 11.9. The van der Waals surface area contributed by atoms with Gasteiger partial charge in [-0.1, -0.05) is 41.9 Å². The van der Waals surface area contributed by atoms with Crippen molar-refractivity contribution in [3.05, 3.63) is 93.5 Å². The van der Waals surface area contributed by atoms with Crippen molar-refractivity contribution in [3.8, 4) is 5.75 Å². The molecule has 10 nitrogen and oxygen atoms in total. The van der Waals surface area contributed by atoms with Crippen molar-refractivity contribution in [2.75, 3.05) is 18.0 Å². The summed E-state index contributed by atoms with van der Waals surface area (Å²) in [7, 11) is -2.72. The number of nitro groups is 1. The number of rotatable bonds is 9. The Bertz CT molecular complexity index is 1380. The average molecular weight is 517 g/mol. The number of anilines is 1. The van der Waals surface area contributed by atoms with Crippen molar-refractivity contribution in [2.45, 2.75) is 11.8 Å². The molecule has 0 saturated heterocycles. The van der Waals surface area contributed by atoms with Crippen molar-refractivity contribution >= 4 is 44.6 Å². The zero-order valence-corrected chi connectivity index (χ0v) is 20.3. The van der Waals surface area contributed by atoms with Gasteiger partial charge in [0.1, 0.15) is 12.3 Å². The second-order valence-corrected chi connectivity index (χ2v) is 9.45. The molecule has 0 spiro atoms. The number of carbonyl (C=O) groups excluding carboxylic acids is 1. The second-order valence-electron chi connectivity index (χ2n) is 7.18. The van der Waals surface area contributed by atoms with Gasteiger partial charge in [-0.15, -0.1) is 0 Å². The molecule has 3 aromatic rings. The minimum atomic E-state index is -4.14. The van der Waals surface area contributed by atoms with Crippen LogP contribution >= 0.6 is 11.6 Å². The highest BCUT2D eigenvalue weighted by Crippen LogP contribution is 2.31. The van der Waals surface area contributed by atoms with E-state index in [-0.39, 0.29) is 21.3 Å². The van der Waals surface area contributed by atoms with Crippen LogP contribution in [0, 0.1) is 10.1 Å². The van der Waals surface area contributed by atoms with E-state index in [2.05, 4.69) is 10.5 Å². The van der Waals surface area contributed by atoms with Gasteiger partial charge in [0.25, 0.3) is 21.6 Å². The number of nitrogens with zero attached hydrogens (tertiary/aromatic N) is 3. The van der Waals surface area contributed by atoms with Crippen LogP contribution in [0.25, 0.3) is 0 Å². The van der Waals surface area contributed by atoms with Gasteiger partial charge in [-0.05, 0) is 37.3 Å². The Morgan fingerprint density at radius 1 is 1.11 bits per heavy atom. The van der Waals surface area contributed by atoms with Gasteiger partial charge >= 0.3 is 0 Å². The maximum atomic E-state index is 13.4. The molecular weight excluding hydrogens is 496 g/mol. The molecule has 0 atom stereocenters. The molecular formula is C23H21ClN4O6S. The van der Waals surface area contributed by atoms with Gasteiger partial charge in [-0.2, -0.15) is 5.10 Å². The predicted octanol–water partition coefficient (Wildman–Crippen LogP) is 3.99. The molecule has 1 N–H and O–H groups in total. The van der Waals surface area contributed by atoms with Crippen molar-refractivity contribution < 1.29 is 22.9 Å². The topological polar surface area (TPSA) is 131 Å². The minimum absolute atomic E-state index is 0.0176. The van der Waals surface area contributed by atoms with E-state index in [0.29, 0.717) is 17.0 Å². The zero-order chi connectivity index (χ0) is 25.6. The molecule has 182 valence electrons. The highest BCUT2D eigenvalue weighted by atomic mass is 35.5. The van der Waals surface area contributed by atoms with Gasteiger partial charge in [0.2, 0.25) is 0 Å². The van der Waals surface area contributed by atoms with Gasteiger partial charge in [-0.25, -0.2) is 13.8 Å². The molecule has 3 rings (SSSR count). The number of halogens is 1. The summed E-state index contributed by atoms with van der Waals surface area (Å²) in [6, 6.07) is 17.7. The predicted molar refractivity (Wildman–Crippen MR) is 132 cm³/mol. The summed E-state index contributed by atoms with van der Waals surface area (Å²) in [5.41, 5.74) is 3.05. The molecule has 0 aliphatic rings. The molecule has 0 fully saturated rings. The monoisotopic (exact) mass is 516 g/mol. The summed E-state index contributed by atoms with van der Waals surface area (Å²) < 4.78 is 32.8. The minimum Gasteiger partial charge on any atom is -0.495 e. The summed E-state index contributed by atoms with van der Waals surface area (Å²) in [6.07, 6.45) is 0. The first kappa shape index (κ1) is 25.7. The van der Waals surface area contributed by atoms with E-state index in [1.54, 1.807) is 31.2 Å². The van der Waals surface area contributed by atoms with Crippen LogP contribution in [0.2, 0.25) is 5.02 Å². The number of benzene rings is 3.